The van der Waals surface area contributed by atoms with Crippen molar-refractivity contribution in [1.82, 2.24) is 15.3 Å². The molecule has 0 bridgehead atoms. The molecule has 8 heteroatoms. The van der Waals surface area contributed by atoms with Crippen LogP contribution in [-0.4, -0.2) is 33.6 Å². The second-order valence-corrected chi connectivity index (χ2v) is 3.48. The minimum atomic E-state index is -1.15. The van der Waals surface area contributed by atoms with E-state index in [-0.39, 0.29) is 18.9 Å². The van der Waals surface area contributed by atoms with Crippen LogP contribution in [-0.2, 0) is 4.79 Å². The predicted molar refractivity (Wildman–Crippen MR) is 59.0 cm³/mol. The monoisotopic (exact) mass is 288 g/mol. The first-order valence-electron chi connectivity index (χ1n) is 4.32. The lowest BCUT2D eigenvalue weighted by Crippen LogP contribution is -2.25. The third-order valence-electron chi connectivity index (χ3n) is 1.53. The van der Waals surface area contributed by atoms with E-state index in [0.29, 0.717) is 10.4 Å². The van der Waals surface area contributed by atoms with Crippen molar-refractivity contribution >= 4 is 33.6 Å². The molecule has 1 aromatic rings. The zero-order valence-corrected chi connectivity index (χ0v) is 9.69. The fourth-order valence-corrected chi connectivity index (χ4v) is 1.09. The smallest absolute Gasteiger partial charge is 0.404 e. The predicted octanol–water partition coefficient (Wildman–Crippen LogP) is 0.835. The number of hydrogen-bond donors (Lipinski definition) is 3. The van der Waals surface area contributed by atoms with Gasteiger partial charge in [-0.2, -0.15) is 0 Å². The Hall–Kier alpha value is -1.70. The van der Waals surface area contributed by atoms with Gasteiger partial charge in [-0.05, 0) is 15.9 Å². The van der Waals surface area contributed by atoms with Crippen LogP contribution < -0.4 is 10.6 Å². The average Bonchev–Trinajstić information content (AvgIpc) is 2.21. The average molecular weight is 289 g/mol. The Morgan fingerprint density at radius 2 is 2.00 bits per heavy atom. The number of hydrogen-bond acceptors (Lipinski definition) is 4. The molecule has 2 amide bonds. The van der Waals surface area contributed by atoms with Crippen LogP contribution in [0.5, 0.6) is 0 Å². The number of halogens is 1. The summed E-state index contributed by atoms with van der Waals surface area (Å²) in [6.07, 6.45) is 1.79. The van der Waals surface area contributed by atoms with E-state index in [0.717, 1.165) is 0 Å². The van der Waals surface area contributed by atoms with Gasteiger partial charge in [-0.25, -0.2) is 14.8 Å². The maximum atomic E-state index is 11.3. The van der Waals surface area contributed by atoms with E-state index in [4.69, 9.17) is 5.11 Å². The van der Waals surface area contributed by atoms with Gasteiger partial charge in [0.15, 0.2) is 4.73 Å². The van der Waals surface area contributed by atoms with Gasteiger partial charge in [-0.15, -0.1) is 0 Å². The lowest BCUT2D eigenvalue weighted by molar-refractivity contribution is -0.116. The van der Waals surface area contributed by atoms with E-state index in [1.165, 1.54) is 12.4 Å². The Bertz CT molecular complexity index is 381. The molecular weight excluding hydrogens is 280 g/mol. The summed E-state index contributed by atoms with van der Waals surface area (Å²) in [5.74, 6) is -0.306. The van der Waals surface area contributed by atoms with Gasteiger partial charge in [0.1, 0.15) is 0 Å². The van der Waals surface area contributed by atoms with Gasteiger partial charge >= 0.3 is 6.09 Å². The van der Waals surface area contributed by atoms with Crippen molar-refractivity contribution in [3.05, 3.63) is 17.1 Å². The van der Waals surface area contributed by atoms with Gasteiger partial charge in [0.25, 0.3) is 0 Å². The number of carboxylic acid groups (broad SMARTS) is 1. The summed E-state index contributed by atoms with van der Waals surface area (Å²) in [6.45, 7) is 0.0680. The van der Waals surface area contributed by atoms with Crippen LogP contribution in [0.4, 0.5) is 10.5 Å². The van der Waals surface area contributed by atoms with Crippen molar-refractivity contribution in [2.75, 3.05) is 11.9 Å². The Labute approximate surface area is 99.4 Å². The molecule has 7 nitrogen and oxygen atoms in total. The summed E-state index contributed by atoms with van der Waals surface area (Å²) in [7, 11) is 0. The lowest BCUT2D eigenvalue weighted by atomic mass is 10.4. The van der Waals surface area contributed by atoms with E-state index in [1.807, 2.05) is 0 Å². The highest BCUT2D eigenvalue weighted by Gasteiger charge is 2.03. The molecule has 0 saturated carbocycles. The van der Waals surface area contributed by atoms with Crippen LogP contribution in [0.15, 0.2) is 17.1 Å². The van der Waals surface area contributed by atoms with Gasteiger partial charge in [0.2, 0.25) is 5.91 Å². The number of anilines is 1. The Morgan fingerprint density at radius 1 is 1.38 bits per heavy atom. The molecule has 0 aromatic carbocycles. The fraction of sp³-hybridized carbons (Fsp3) is 0.250. The van der Waals surface area contributed by atoms with E-state index >= 15 is 0 Å². The largest absolute Gasteiger partial charge is 0.465 e. The minimum absolute atomic E-state index is 0.0579. The molecule has 1 aromatic heterocycles. The lowest BCUT2D eigenvalue weighted by Gasteiger charge is -2.04. The van der Waals surface area contributed by atoms with Crippen molar-refractivity contribution < 1.29 is 14.7 Å². The summed E-state index contributed by atoms with van der Waals surface area (Å²) in [4.78, 5) is 29.0. The van der Waals surface area contributed by atoms with Crippen molar-refractivity contribution in [2.24, 2.45) is 0 Å². The minimum Gasteiger partial charge on any atom is -0.465 e. The molecule has 1 rings (SSSR count). The van der Waals surface area contributed by atoms with Crippen LogP contribution in [0, 0.1) is 0 Å². The van der Waals surface area contributed by atoms with E-state index in [2.05, 4.69) is 36.5 Å². The van der Waals surface area contributed by atoms with Gasteiger partial charge in [0, 0.05) is 13.0 Å². The molecule has 0 radical (unpaired) electrons. The summed E-state index contributed by atoms with van der Waals surface area (Å²) in [5, 5.41) is 12.9. The second-order valence-electron chi connectivity index (χ2n) is 2.77. The van der Waals surface area contributed by atoms with Crippen LogP contribution in [0.3, 0.4) is 0 Å². The Kier molecular flexibility index (Phi) is 4.65. The highest BCUT2D eigenvalue weighted by Crippen LogP contribution is 2.06. The second kappa shape index (κ2) is 6.01. The number of amides is 2. The normalized spacial score (nSPS) is 9.56. The number of nitrogens with zero attached hydrogens (tertiary/aromatic N) is 2. The molecule has 0 saturated heterocycles. The highest BCUT2D eigenvalue weighted by atomic mass is 79.9. The fourth-order valence-electron chi connectivity index (χ4n) is 0.883. The van der Waals surface area contributed by atoms with Gasteiger partial charge in [-0.3, -0.25) is 4.79 Å². The number of rotatable bonds is 4. The topological polar surface area (TPSA) is 104 Å². The van der Waals surface area contributed by atoms with Crippen molar-refractivity contribution in [3.8, 4) is 0 Å². The molecule has 86 valence electrons. The first-order chi connectivity index (χ1) is 7.58. The first-order valence-corrected chi connectivity index (χ1v) is 5.11. The van der Waals surface area contributed by atoms with Crippen LogP contribution in [0.1, 0.15) is 6.42 Å². The molecule has 0 aliphatic heterocycles. The summed E-state index contributed by atoms with van der Waals surface area (Å²) in [5.41, 5.74) is 0.462. The Balaban J connectivity index is 2.34. The molecule has 3 N–H and O–H groups in total. The van der Waals surface area contributed by atoms with E-state index in [9.17, 15) is 9.59 Å². The summed E-state index contributed by atoms with van der Waals surface area (Å²) in [6, 6.07) is 0. The van der Waals surface area contributed by atoms with Gasteiger partial charge < -0.3 is 15.7 Å². The molecule has 0 aliphatic rings. The maximum Gasteiger partial charge on any atom is 0.404 e. The number of carbonyl (C=O) groups is 2. The maximum absolute atomic E-state index is 11.3. The number of aromatic nitrogens is 2. The van der Waals surface area contributed by atoms with Crippen LogP contribution in [0.2, 0.25) is 0 Å². The number of nitrogens with one attached hydrogen (secondary N) is 2. The van der Waals surface area contributed by atoms with Crippen molar-refractivity contribution in [3.63, 3.8) is 0 Å². The third kappa shape index (κ3) is 4.69. The quantitative estimate of drug-likeness (QED) is 0.712. The van der Waals surface area contributed by atoms with E-state index < -0.39 is 6.09 Å². The molecule has 16 heavy (non-hydrogen) atoms. The standard InChI is InChI=1S/C8H9BrN4O3/c9-7-11-3-5(4-12-7)13-6(14)1-2-10-8(15)16/h3-4,10H,1-2H2,(H,13,14)(H,15,16). The summed E-state index contributed by atoms with van der Waals surface area (Å²) >= 11 is 3.06. The van der Waals surface area contributed by atoms with Crippen LogP contribution in [0.25, 0.3) is 0 Å². The van der Waals surface area contributed by atoms with Gasteiger partial charge in [0.05, 0.1) is 18.1 Å². The zero-order valence-electron chi connectivity index (χ0n) is 8.11. The van der Waals surface area contributed by atoms with E-state index in [1.54, 1.807) is 0 Å². The molecule has 1 heterocycles. The van der Waals surface area contributed by atoms with Gasteiger partial charge in [-0.1, -0.05) is 0 Å². The SMILES string of the molecule is O=C(O)NCCC(=O)Nc1cnc(Br)nc1. The molecule has 0 atom stereocenters. The molecule has 0 aliphatic carbocycles. The van der Waals surface area contributed by atoms with Crippen molar-refractivity contribution in [1.29, 1.82) is 0 Å². The summed E-state index contributed by atoms with van der Waals surface area (Å²) < 4.78 is 0.429. The number of carbonyl (C=O) groups excluding carboxylic acids is 1. The zero-order chi connectivity index (χ0) is 12.0. The first kappa shape index (κ1) is 12.4. The van der Waals surface area contributed by atoms with Crippen molar-refractivity contribution in [2.45, 2.75) is 6.42 Å². The molecular formula is C8H9BrN4O3. The Morgan fingerprint density at radius 3 is 2.56 bits per heavy atom. The molecule has 0 fully saturated rings. The van der Waals surface area contributed by atoms with Crippen LogP contribution >= 0.6 is 15.9 Å². The molecule has 0 spiro atoms. The highest BCUT2D eigenvalue weighted by molar-refractivity contribution is 9.10. The third-order valence-corrected chi connectivity index (χ3v) is 1.94. The molecule has 0 unspecified atom stereocenters.